The Morgan fingerprint density at radius 3 is 2.52 bits per heavy atom. The normalized spacial score (nSPS) is 11.0. The lowest BCUT2D eigenvalue weighted by Crippen LogP contribution is -2.06. The largest absolute Gasteiger partial charge is 0.416 e. The van der Waals surface area contributed by atoms with Gasteiger partial charge >= 0.3 is 6.18 Å². The quantitative estimate of drug-likeness (QED) is 0.855. The van der Waals surface area contributed by atoms with E-state index >= 15 is 0 Å². The highest BCUT2D eigenvalue weighted by atomic mass is 19.4. The molecule has 0 fully saturated rings. The van der Waals surface area contributed by atoms with Crippen LogP contribution in [0.15, 0.2) is 42.5 Å². The molecule has 6 heteroatoms. The predicted molar refractivity (Wildman–Crippen MR) is 69.9 cm³/mol. The molecule has 0 amide bonds. The number of benzene rings is 2. The van der Waals surface area contributed by atoms with E-state index in [4.69, 9.17) is 5.26 Å². The van der Waals surface area contributed by atoms with Gasteiger partial charge in [0.2, 0.25) is 0 Å². The van der Waals surface area contributed by atoms with Gasteiger partial charge in [-0.05, 0) is 35.9 Å². The molecule has 0 atom stereocenters. The van der Waals surface area contributed by atoms with Gasteiger partial charge < -0.3 is 5.32 Å². The first-order valence-corrected chi connectivity index (χ1v) is 6.00. The van der Waals surface area contributed by atoms with Gasteiger partial charge in [0.15, 0.2) is 0 Å². The summed E-state index contributed by atoms with van der Waals surface area (Å²) in [6, 6.07) is 10.5. The monoisotopic (exact) mass is 294 g/mol. The Morgan fingerprint density at radius 2 is 1.86 bits per heavy atom. The molecule has 0 aliphatic heterocycles. The number of anilines is 1. The van der Waals surface area contributed by atoms with Gasteiger partial charge in [-0.3, -0.25) is 0 Å². The third kappa shape index (κ3) is 3.72. The van der Waals surface area contributed by atoms with Crippen LogP contribution in [0.5, 0.6) is 0 Å². The Morgan fingerprint density at radius 1 is 1.10 bits per heavy atom. The van der Waals surface area contributed by atoms with Crippen molar-refractivity contribution in [2.24, 2.45) is 0 Å². The number of hydrogen-bond donors (Lipinski definition) is 1. The molecule has 0 aliphatic rings. The van der Waals surface area contributed by atoms with Crippen LogP contribution in [-0.4, -0.2) is 0 Å². The van der Waals surface area contributed by atoms with Gasteiger partial charge in [0, 0.05) is 12.2 Å². The minimum atomic E-state index is -4.40. The molecule has 0 saturated carbocycles. The molecule has 0 bridgehead atoms. The first kappa shape index (κ1) is 14.9. The van der Waals surface area contributed by atoms with Crippen LogP contribution in [0, 0.1) is 17.1 Å². The second kappa shape index (κ2) is 5.83. The van der Waals surface area contributed by atoms with Crippen LogP contribution in [0.25, 0.3) is 0 Å². The van der Waals surface area contributed by atoms with Crippen molar-refractivity contribution in [3.8, 4) is 6.07 Å². The molecule has 1 N–H and O–H groups in total. The van der Waals surface area contributed by atoms with E-state index in [1.807, 2.05) is 0 Å². The van der Waals surface area contributed by atoms with Crippen LogP contribution in [0.3, 0.4) is 0 Å². The first-order chi connectivity index (χ1) is 9.90. The summed E-state index contributed by atoms with van der Waals surface area (Å²) in [5.41, 5.74) is 0.0562. The van der Waals surface area contributed by atoms with Crippen LogP contribution >= 0.6 is 0 Å². The molecule has 2 aromatic rings. The molecule has 0 unspecified atom stereocenters. The summed E-state index contributed by atoms with van der Waals surface area (Å²) in [7, 11) is 0. The van der Waals surface area contributed by atoms with Gasteiger partial charge in [0.1, 0.15) is 11.9 Å². The van der Waals surface area contributed by atoms with Crippen molar-refractivity contribution in [1.29, 1.82) is 5.26 Å². The van der Waals surface area contributed by atoms with Crippen LogP contribution < -0.4 is 5.32 Å². The van der Waals surface area contributed by atoms with Crippen molar-refractivity contribution >= 4 is 5.69 Å². The molecule has 2 rings (SSSR count). The standard InChI is InChI=1S/C15H10F4N2/c16-14-5-4-10(6-11(14)8-20)9-21-13-3-1-2-12(7-13)15(17,18)19/h1-7,21H,9H2. The maximum atomic E-state index is 13.1. The number of nitriles is 1. The summed E-state index contributed by atoms with van der Waals surface area (Å²) < 4.78 is 50.9. The van der Waals surface area contributed by atoms with Crippen molar-refractivity contribution < 1.29 is 17.6 Å². The van der Waals surface area contributed by atoms with E-state index in [9.17, 15) is 17.6 Å². The summed E-state index contributed by atoms with van der Waals surface area (Å²) in [5.74, 6) is -0.625. The van der Waals surface area contributed by atoms with Crippen molar-refractivity contribution in [3.63, 3.8) is 0 Å². The predicted octanol–water partition coefficient (Wildman–Crippen LogP) is 4.33. The van der Waals surface area contributed by atoms with E-state index < -0.39 is 17.6 Å². The summed E-state index contributed by atoms with van der Waals surface area (Å²) >= 11 is 0. The SMILES string of the molecule is N#Cc1cc(CNc2cccc(C(F)(F)F)c2)ccc1F. The Kier molecular flexibility index (Phi) is 4.13. The molecular weight excluding hydrogens is 284 g/mol. The summed E-state index contributed by atoms with van der Waals surface area (Å²) in [4.78, 5) is 0. The van der Waals surface area contributed by atoms with Gasteiger partial charge in [0.05, 0.1) is 11.1 Å². The summed E-state index contributed by atoms with van der Waals surface area (Å²) in [5, 5.41) is 11.5. The highest BCUT2D eigenvalue weighted by Crippen LogP contribution is 2.30. The molecule has 2 nitrogen and oxygen atoms in total. The highest BCUT2D eigenvalue weighted by molar-refractivity contribution is 5.47. The van der Waals surface area contributed by atoms with Gasteiger partial charge in [-0.1, -0.05) is 12.1 Å². The third-order valence-electron chi connectivity index (χ3n) is 2.84. The second-order valence-electron chi connectivity index (χ2n) is 4.36. The molecule has 2 aromatic carbocycles. The maximum Gasteiger partial charge on any atom is 0.416 e. The van der Waals surface area contributed by atoms with E-state index in [1.54, 1.807) is 6.07 Å². The van der Waals surface area contributed by atoms with Gasteiger partial charge in [-0.25, -0.2) is 4.39 Å². The number of nitrogens with one attached hydrogen (secondary N) is 1. The van der Waals surface area contributed by atoms with Crippen LogP contribution in [0.4, 0.5) is 23.2 Å². The molecule has 0 aromatic heterocycles. The molecule has 0 aliphatic carbocycles. The summed E-state index contributed by atoms with van der Waals surface area (Å²) in [6.45, 7) is 0.191. The fraction of sp³-hybridized carbons (Fsp3) is 0.133. The molecule has 0 saturated heterocycles. The van der Waals surface area contributed by atoms with Crippen LogP contribution in [0.1, 0.15) is 16.7 Å². The number of alkyl halides is 3. The lowest BCUT2D eigenvalue weighted by atomic mass is 10.1. The van der Waals surface area contributed by atoms with E-state index in [0.717, 1.165) is 18.2 Å². The molecule has 0 spiro atoms. The number of hydrogen-bond acceptors (Lipinski definition) is 2. The lowest BCUT2D eigenvalue weighted by Gasteiger charge is -2.11. The van der Waals surface area contributed by atoms with E-state index in [1.165, 1.54) is 24.3 Å². The van der Waals surface area contributed by atoms with Crippen molar-refractivity contribution in [2.75, 3.05) is 5.32 Å². The van der Waals surface area contributed by atoms with Gasteiger partial charge in [0.25, 0.3) is 0 Å². The Bertz CT molecular complexity index is 687. The number of halogens is 4. The fourth-order valence-corrected chi connectivity index (χ4v) is 1.78. The van der Waals surface area contributed by atoms with Crippen molar-refractivity contribution in [1.82, 2.24) is 0 Å². The zero-order valence-electron chi connectivity index (χ0n) is 10.7. The fourth-order valence-electron chi connectivity index (χ4n) is 1.78. The van der Waals surface area contributed by atoms with Gasteiger partial charge in [-0.15, -0.1) is 0 Å². The minimum Gasteiger partial charge on any atom is -0.381 e. The molecule has 108 valence electrons. The Balaban J connectivity index is 2.12. The first-order valence-electron chi connectivity index (χ1n) is 6.00. The van der Waals surface area contributed by atoms with E-state index in [2.05, 4.69) is 5.32 Å². The van der Waals surface area contributed by atoms with Crippen molar-refractivity contribution in [3.05, 3.63) is 65.0 Å². The van der Waals surface area contributed by atoms with Gasteiger partial charge in [-0.2, -0.15) is 18.4 Å². The van der Waals surface area contributed by atoms with Crippen LogP contribution in [-0.2, 0) is 12.7 Å². The Hall–Kier alpha value is -2.55. The lowest BCUT2D eigenvalue weighted by molar-refractivity contribution is -0.137. The topological polar surface area (TPSA) is 35.8 Å². The molecule has 21 heavy (non-hydrogen) atoms. The van der Waals surface area contributed by atoms with Crippen LogP contribution in [0.2, 0.25) is 0 Å². The zero-order chi connectivity index (χ0) is 15.5. The number of nitrogens with zero attached hydrogens (tertiary/aromatic N) is 1. The maximum absolute atomic E-state index is 13.1. The summed E-state index contributed by atoms with van der Waals surface area (Å²) in [6.07, 6.45) is -4.40. The van der Waals surface area contributed by atoms with E-state index in [-0.39, 0.29) is 12.1 Å². The number of rotatable bonds is 3. The molecule has 0 radical (unpaired) electrons. The zero-order valence-corrected chi connectivity index (χ0v) is 10.7. The highest BCUT2D eigenvalue weighted by Gasteiger charge is 2.30. The molecular formula is C15H10F4N2. The average Bonchev–Trinajstić information content (AvgIpc) is 2.46. The Labute approximate surface area is 118 Å². The third-order valence-corrected chi connectivity index (χ3v) is 2.84. The molecule has 0 heterocycles. The van der Waals surface area contributed by atoms with E-state index in [0.29, 0.717) is 11.3 Å². The van der Waals surface area contributed by atoms with Crippen molar-refractivity contribution in [2.45, 2.75) is 12.7 Å². The smallest absolute Gasteiger partial charge is 0.381 e. The average molecular weight is 294 g/mol. The minimum absolute atomic E-state index is 0.0988. The second-order valence-corrected chi connectivity index (χ2v) is 4.36.